The lowest BCUT2D eigenvalue weighted by molar-refractivity contribution is -0.384. The summed E-state index contributed by atoms with van der Waals surface area (Å²) in [7, 11) is 0. The van der Waals surface area contributed by atoms with Crippen molar-refractivity contribution in [1.29, 1.82) is 0 Å². The Kier molecular flexibility index (Phi) is 4.05. The Labute approximate surface area is 152 Å². The van der Waals surface area contributed by atoms with Crippen LogP contribution in [0.3, 0.4) is 0 Å². The van der Waals surface area contributed by atoms with Crippen molar-refractivity contribution in [3.8, 4) is 5.95 Å². The Bertz CT molecular complexity index is 1100. The zero-order chi connectivity index (χ0) is 18.1. The fraction of sp³-hybridized carbons (Fsp3) is 0.118. The minimum absolute atomic E-state index is 0.0717. The van der Waals surface area contributed by atoms with E-state index in [-0.39, 0.29) is 5.69 Å². The third kappa shape index (κ3) is 3.00. The molecule has 1 aromatic carbocycles. The molecule has 0 fully saturated rings. The van der Waals surface area contributed by atoms with Crippen LogP contribution in [0, 0.1) is 17.0 Å². The second-order valence-electron chi connectivity index (χ2n) is 5.64. The Morgan fingerprint density at radius 1 is 1.31 bits per heavy atom. The second kappa shape index (κ2) is 6.52. The van der Waals surface area contributed by atoms with E-state index in [0.29, 0.717) is 18.3 Å². The fourth-order valence-corrected chi connectivity index (χ4v) is 3.40. The van der Waals surface area contributed by atoms with Crippen molar-refractivity contribution in [2.75, 3.05) is 5.32 Å². The number of nitro groups is 1. The van der Waals surface area contributed by atoms with Crippen molar-refractivity contribution >= 4 is 33.1 Å². The van der Waals surface area contributed by atoms with Gasteiger partial charge in [-0.15, -0.1) is 11.3 Å². The van der Waals surface area contributed by atoms with Crippen LogP contribution in [0.5, 0.6) is 0 Å². The minimum Gasteiger partial charge on any atom is -0.365 e. The molecule has 0 aliphatic rings. The summed E-state index contributed by atoms with van der Waals surface area (Å²) in [6.07, 6.45) is 3.52. The molecule has 3 aromatic heterocycles. The summed E-state index contributed by atoms with van der Waals surface area (Å²) in [6, 6.07) is 8.51. The first-order valence-electron chi connectivity index (χ1n) is 7.84. The number of aryl methyl sites for hydroxylation is 1. The number of rotatable bonds is 5. The van der Waals surface area contributed by atoms with Gasteiger partial charge in [0.25, 0.3) is 5.69 Å². The van der Waals surface area contributed by atoms with Gasteiger partial charge < -0.3 is 5.32 Å². The number of aromatic nitrogens is 4. The van der Waals surface area contributed by atoms with Crippen molar-refractivity contribution in [3.05, 3.63) is 69.6 Å². The zero-order valence-electron chi connectivity index (χ0n) is 13.8. The highest BCUT2D eigenvalue weighted by atomic mass is 32.1. The van der Waals surface area contributed by atoms with Gasteiger partial charge in [0, 0.05) is 31.1 Å². The van der Waals surface area contributed by atoms with Crippen LogP contribution in [-0.4, -0.2) is 24.4 Å². The maximum atomic E-state index is 10.9. The van der Waals surface area contributed by atoms with Crippen LogP contribution in [-0.2, 0) is 6.54 Å². The molecule has 0 amide bonds. The van der Waals surface area contributed by atoms with Gasteiger partial charge in [-0.05, 0) is 23.9 Å². The van der Waals surface area contributed by atoms with Crippen LogP contribution in [0.1, 0.15) is 11.4 Å². The monoisotopic (exact) mass is 366 g/mol. The van der Waals surface area contributed by atoms with Crippen molar-refractivity contribution in [1.82, 2.24) is 19.5 Å². The van der Waals surface area contributed by atoms with E-state index >= 15 is 0 Å². The molecule has 0 atom stereocenters. The normalized spacial score (nSPS) is 11.0. The van der Waals surface area contributed by atoms with Crippen LogP contribution in [0.4, 0.5) is 11.5 Å². The highest BCUT2D eigenvalue weighted by Crippen LogP contribution is 2.27. The van der Waals surface area contributed by atoms with Gasteiger partial charge in [0.05, 0.1) is 10.3 Å². The summed E-state index contributed by atoms with van der Waals surface area (Å²) in [4.78, 5) is 24.8. The Hall–Kier alpha value is -3.33. The molecule has 0 unspecified atom stereocenters. The number of anilines is 1. The molecule has 0 saturated carbocycles. The third-order valence-electron chi connectivity index (χ3n) is 3.94. The number of hydrogen-bond donors (Lipinski definition) is 1. The highest BCUT2D eigenvalue weighted by Gasteiger charge is 2.12. The Morgan fingerprint density at radius 2 is 2.19 bits per heavy atom. The molecule has 1 N–H and O–H groups in total. The van der Waals surface area contributed by atoms with Crippen molar-refractivity contribution < 1.29 is 4.92 Å². The molecule has 0 radical (unpaired) electrons. The largest absolute Gasteiger partial charge is 0.365 e. The number of nitrogens with zero attached hydrogens (tertiary/aromatic N) is 5. The molecule has 9 heteroatoms. The van der Waals surface area contributed by atoms with E-state index in [9.17, 15) is 10.1 Å². The predicted molar refractivity (Wildman–Crippen MR) is 99.7 cm³/mol. The zero-order valence-corrected chi connectivity index (χ0v) is 14.6. The fourth-order valence-electron chi connectivity index (χ4n) is 2.64. The van der Waals surface area contributed by atoms with Crippen LogP contribution in [0.25, 0.3) is 16.2 Å². The summed E-state index contributed by atoms with van der Waals surface area (Å²) < 4.78 is 1.82. The van der Waals surface area contributed by atoms with E-state index in [2.05, 4.69) is 20.3 Å². The van der Waals surface area contributed by atoms with Gasteiger partial charge in [0.1, 0.15) is 16.5 Å². The SMILES string of the molecule is Cc1nccn1-c1nc(NCc2cccc([N+](=O)[O-])c2)c2ccsc2n1. The number of imidazole rings is 1. The molecular weight excluding hydrogens is 352 g/mol. The molecule has 4 rings (SSSR count). The molecular formula is C17H14N6O2S. The topological polar surface area (TPSA) is 98.8 Å². The third-order valence-corrected chi connectivity index (χ3v) is 4.74. The van der Waals surface area contributed by atoms with Crippen LogP contribution < -0.4 is 5.32 Å². The summed E-state index contributed by atoms with van der Waals surface area (Å²) in [5.74, 6) is 2.02. The maximum absolute atomic E-state index is 10.9. The molecule has 0 aliphatic carbocycles. The lowest BCUT2D eigenvalue weighted by Crippen LogP contribution is -2.07. The molecule has 3 heterocycles. The predicted octanol–water partition coefficient (Wildman–Crippen LogP) is 3.71. The first-order chi connectivity index (χ1) is 12.6. The molecule has 0 saturated heterocycles. The number of fused-ring (bicyclic) bond motifs is 1. The van der Waals surface area contributed by atoms with Gasteiger partial charge >= 0.3 is 0 Å². The van der Waals surface area contributed by atoms with E-state index in [1.165, 1.54) is 17.4 Å². The smallest absolute Gasteiger partial charge is 0.269 e. The van der Waals surface area contributed by atoms with Crippen LogP contribution in [0.2, 0.25) is 0 Å². The quantitative estimate of drug-likeness (QED) is 0.427. The van der Waals surface area contributed by atoms with Gasteiger partial charge in [-0.1, -0.05) is 12.1 Å². The number of nitrogens with one attached hydrogen (secondary N) is 1. The summed E-state index contributed by atoms with van der Waals surface area (Å²) >= 11 is 1.53. The Morgan fingerprint density at radius 3 is 2.96 bits per heavy atom. The molecule has 26 heavy (non-hydrogen) atoms. The average molecular weight is 366 g/mol. The van der Waals surface area contributed by atoms with E-state index < -0.39 is 4.92 Å². The van der Waals surface area contributed by atoms with Gasteiger partial charge in [-0.2, -0.15) is 4.98 Å². The molecule has 8 nitrogen and oxygen atoms in total. The first kappa shape index (κ1) is 16.2. The van der Waals surface area contributed by atoms with E-state index in [1.54, 1.807) is 18.3 Å². The van der Waals surface area contributed by atoms with Crippen molar-refractivity contribution in [3.63, 3.8) is 0 Å². The molecule has 0 spiro atoms. The van der Waals surface area contributed by atoms with E-state index in [4.69, 9.17) is 0 Å². The second-order valence-corrected chi connectivity index (χ2v) is 6.53. The average Bonchev–Trinajstić information content (AvgIpc) is 3.28. The van der Waals surface area contributed by atoms with Crippen LogP contribution in [0.15, 0.2) is 48.1 Å². The maximum Gasteiger partial charge on any atom is 0.269 e. The standard InChI is InChI=1S/C17H14N6O2S/c1-11-18-6-7-22(11)17-20-15(14-5-8-26-16(14)21-17)19-10-12-3-2-4-13(9-12)23(24)25/h2-9H,10H2,1H3,(H,19,20,21). The van der Waals surface area contributed by atoms with E-state index in [0.717, 1.165) is 21.6 Å². The van der Waals surface area contributed by atoms with Gasteiger partial charge in [-0.3, -0.25) is 14.7 Å². The summed E-state index contributed by atoms with van der Waals surface area (Å²) in [6.45, 7) is 2.31. The first-order valence-corrected chi connectivity index (χ1v) is 8.72. The van der Waals surface area contributed by atoms with Crippen LogP contribution >= 0.6 is 11.3 Å². The molecule has 4 aromatic rings. The molecule has 0 bridgehead atoms. The van der Waals surface area contributed by atoms with Gasteiger partial charge in [0.15, 0.2) is 0 Å². The molecule has 0 aliphatic heterocycles. The van der Waals surface area contributed by atoms with Gasteiger partial charge in [-0.25, -0.2) is 9.97 Å². The summed E-state index contributed by atoms with van der Waals surface area (Å²) in [5.41, 5.74) is 0.879. The number of hydrogen-bond acceptors (Lipinski definition) is 7. The summed E-state index contributed by atoms with van der Waals surface area (Å²) in [5, 5.41) is 17.1. The lowest BCUT2D eigenvalue weighted by atomic mass is 10.2. The van der Waals surface area contributed by atoms with Crippen molar-refractivity contribution in [2.24, 2.45) is 0 Å². The molecule has 130 valence electrons. The van der Waals surface area contributed by atoms with E-state index in [1.807, 2.05) is 35.2 Å². The minimum atomic E-state index is -0.398. The number of benzene rings is 1. The number of nitro benzene ring substituents is 1. The lowest BCUT2D eigenvalue weighted by Gasteiger charge is -2.10. The number of non-ortho nitro benzene ring substituents is 1. The number of thiophene rings is 1. The van der Waals surface area contributed by atoms with Crippen molar-refractivity contribution in [2.45, 2.75) is 13.5 Å². The Balaban J connectivity index is 1.68. The van der Waals surface area contributed by atoms with Gasteiger partial charge in [0.2, 0.25) is 5.95 Å². The highest BCUT2D eigenvalue weighted by molar-refractivity contribution is 7.16.